The predicted octanol–water partition coefficient (Wildman–Crippen LogP) is 7.59. The molecule has 5 rings (SSSR count). The number of aryl methyl sites for hydroxylation is 2. The molecule has 0 atom stereocenters. The lowest BCUT2D eigenvalue weighted by atomic mass is 10.1. The number of carbonyl (C=O) groups is 1. The van der Waals surface area contributed by atoms with Crippen LogP contribution in [0.4, 0.5) is 13.2 Å². The summed E-state index contributed by atoms with van der Waals surface area (Å²) in [5.41, 5.74) is 0.750. The van der Waals surface area contributed by atoms with E-state index in [9.17, 15) is 22.8 Å². The highest BCUT2D eigenvalue weighted by Crippen LogP contribution is 2.39. The lowest BCUT2D eigenvalue weighted by Crippen LogP contribution is -2.15. The van der Waals surface area contributed by atoms with E-state index in [1.165, 1.54) is 24.3 Å². The van der Waals surface area contributed by atoms with Crippen LogP contribution >= 0.6 is 0 Å². The van der Waals surface area contributed by atoms with Crippen molar-refractivity contribution in [1.29, 1.82) is 0 Å². The van der Waals surface area contributed by atoms with Gasteiger partial charge in [-0.05, 0) is 72.1 Å². The second-order valence-electron chi connectivity index (χ2n) is 8.54. The van der Waals surface area contributed by atoms with Gasteiger partial charge in [-0.1, -0.05) is 36.4 Å². The van der Waals surface area contributed by atoms with Crippen molar-refractivity contribution < 1.29 is 31.9 Å². The molecule has 1 aromatic heterocycles. The van der Waals surface area contributed by atoms with E-state index in [-0.39, 0.29) is 22.4 Å². The van der Waals surface area contributed by atoms with Gasteiger partial charge in [0.2, 0.25) is 11.2 Å². The fourth-order valence-corrected chi connectivity index (χ4v) is 3.88. The summed E-state index contributed by atoms with van der Waals surface area (Å²) >= 11 is 0. The first kappa shape index (κ1) is 24.1. The van der Waals surface area contributed by atoms with Gasteiger partial charge in [0.05, 0.1) is 10.9 Å². The van der Waals surface area contributed by atoms with Crippen LogP contribution in [0, 0.1) is 13.8 Å². The quantitative estimate of drug-likeness (QED) is 0.186. The molecule has 5 nitrogen and oxygen atoms in total. The Morgan fingerprint density at radius 3 is 2.27 bits per heavy atom. The Labute approximate surface area is 208 Å². The van der Waals surface area contributed by atoms with Gasteiger partial charge in [0.15, 0.2) is 0 Å². The number of hydrogen-bond donors (Lipinski definition) is 0. The van der Waals surface area contributed by atoms with Gasteiger partial charge in [0, 0.05) is 6.07 Å². The van der Waals surface area contributed by atoms with E-state index in [4.69, 9.17) is 13.9 Å². The van der Waals surface area contributed by atoms with Gasteiger partial charge in [0.1, 0.15) is 17.1 Å². The molecule has 1 heterocycles. The molecule has 0 unspecified atom stereocenters. The van der Waals surface area contributed by atoms with Gasteiger partial charge in [-0.2, -0.15) is 13.2 Å². The Morgan fingerprint density at radius 1 is 0.811 bits per heavy atom. The molecule has 4 aromatic carbocycles. The standard InChI is InChI=1S/C29H19F3O5/c1-16-7-8-20(13-17(16)2)28(34)36-22-11-12-23-24(15-22)37-27(29(30,31)32)26(25(23)33)35-21-10-9-18-5-3-4-6-19(18)14-21/h3-15H,1-2H3. The highest BCUT2D eigenvalue weighted by molar-refractivity contribution is 5.92. The van der Waals surface area contributed by atoms with Crippen molar-refractivity contribution in [1.82, 2.24) is 0 Å². The van der Waals surface area contributed by atoms with Crippen LogP contribution in [0.15, 0.2) is 88.1 Å². The second kappa shape index (κ2) is 9.13. The zero-order chi connectivity index (χ0) is 26.3. The van der Waals surface area contributed by atoms with Crippen LogP contribution in [-0.2, 0) is 6.18 Å². The van der Waals surface area contributed by atoms with Gasteiger partial charge in [0.25, 0.3) is 5.76 Å². The third kappa shape index (κ3) is 4.78. The molecule has 5 aromatic rings. The van der Waals surface area contributed by atoms with Crippen molar-refractivity contribution in [3.8, 4) is 17.2 Å². The molecule has 0 aliphatic rings. The van der Waals surface area contributed by atoms with E-state index in [1.54, 1.807) is 36.4 Å². The van der Waals surface area contributed by atoms with Crippen molar-refractivity contribution >= 4 is 27.7 Å². The summed E-state index contributed by atoms with van der Waals surface area (Å²) in [5.74, 6) is -3.28. The van der Waals surface area contributed by atoms with Crippen molar-refractivity contribution in [2.75, 3.05) is 0 Å². The summed E-state index contributed by atoms with van der Waals surface area (Å²) in [6, 6.07) is 20.5. The molecular formula is C29H19F3O5. The Morgan fingerprint density at radius 2 is 1.54 bits per heavy atom. The Bertz CT molecular complexity index is 1730. The van der Waals surface area contributed by atoms with Crippen molar-refractivity contribution in [3.63, 3.8) is 0 Å². The maximum absolute atomic E-state index is 13.9. The SMILES string of the molecule is Cc1ccc(C(=O)Oc2ccc3c(=O)c(Oc4ccc5ccccc5c4)c(C(F)(F)F)oc3c2)cc1C. The molecule has 0 saturated heterocycles. The average molecular weight is 504 g/mol. The first-order valence-corrected chi connectivity index (χ1v) is 11.2. The second-order valence-corrected chi connectivity index (χ2v) is 8.54. The van der Waals surface area contributed by atoms with Crippen molar-refractivity contribution in [2.45, 2.75) is 20.0 Å². The largest absolute Gasteiger partial charge is 0.453 e. The Hall–Kier alpha value is -4.59. The van der Waals surface area contributed by atoms with Gasteiger partial charge >= 0.3 is 12.1 Å². The predicted molar refractivity (Wildman–Crippen MR) is 132 cm³/mol. The molecule has 186 valence electrons. The topological polar surface area (TPSA) is 65.7 Å². The van der Waals surface area contributed by atoms with E-state index >= 15 is 0 Å². The number of rotatable bonds is 4. The number of fused-ring (bicyclic) bond motifs is 2. The third-order valence-electron chi connectivity index (χ3n) is 5.97. The van der Waals surface area contributed by atoms with Gasteiger partial charge < -0.3 is 13.9 Å². The van der Waals surface area contributed by atoms with Gasteiger partial charge in [-0.25, -0.2) is 4.79 Å². The number of halogens is 3. The molecule has 0 amide bonds. The highest BCUT2D eigenvalue weighted by Gasteiger charge is 2.40. The van der Waals surface area contributed by atoms with Crippen LogP contribution in [0.5, 0.6) is 17.2 Å². The summed E-state index contributed by atoms with van der Waals surface area (Å²) in [6.07, 6.45) is -5.02. The van der Waals surface area contributed by atoms with E-state index in [0.29, 0.717) is 0 Å². The number of hydrogen-bond acceptors (Lipinski definition) is 5. The van der Waals surface area contributed by atoms with Crippen LogP contribution in [0.2, 0.25) is 0 Å². The molecule has 0 fully saturated rings. The molecule has 0 aliphatic heterocycles. The van der Waals surface area contributed by atoms with Gasteiger partial charge in [-0.15, -0.1) is 0 Å². The lowest BCUT2D eigenvalue weighted by molar-refractivity contribution is -0.154. The molecule has 0 radical (unpaired) electrons. The van der Waals surface area contributed by atoms with Crippen LogP contribution < -0.4 is 14.9 Å². The normalized spacial score (nSPS) is 11.6. The number of carbonyl (C=O) groups excluding carboxylic acids is 1. The summed E-state index contributed by atoms with van der Waals surface area (Å²) in [7, 11) is 0. The Balaban J connectivity index is 1.54. The molecule has 0 aliphatic carbocycles. The minimum absolute atomic E-state index is 0.0507. The monoisotopic (exact) mass is 504 g/mol. The maximum Gasteiger partial charge on any atom is 0.453 e. The number of ether oxygens (including phenoxy) is 2. The number of alkyl halides is 3. The highest BCUT2D eigenvalue weighted by atomic mass is 19.4. The maximum atomic E-state index is 13.9. The van der Waals surface area contributed by atoms with E-state index in [1.807, 2.05) is 26.0 Å². The minimum atomic E-state index is -5.02. The molecule has 0 spiro atoms. The van der Waals surface area contributed by atoms with E-state index < -0.39 is 34.7 Å². The molecular weight excluding hydrogens is 485 g/mol. The van der Waals surface area contributed by atoms with Crippen molar-refractivity contribution in [2.24, 2.45) is 0 Å². The van der Waals surface area contributed by atoms with E-state index in [2.05, 4.69) is 0 Å². The summed E-state index contributed by atoms with van der Waals surface area (Å²) in [4.78, 5) is 25.6. The Kier molecular flexibility index (Phi) is 5.95. The number of esters is 1. The van der Waals surface area contributed by atoms with Crippen LogP contribution in [0.3, 0.4) is 0 Å². The summed E-state index contributed by atoms with van der Waals surface area (Å²) in [6.45, 7) is 3.74. The molecule has 0 saturated carbocycles. The van der Waals surface area contributed by atoms with Crippen molar-refractivity contribution in [3.05, 3.63) is 112 Å². The third-order valence-corrected chi connectivity index (χ3v) is 5.97. The zero-order valence-electron chi connectivity index (χ0n) is 19.7. The van der Waals surface area contributed by atoms with Crippen LogP contribution in [0.1, 0.15) is 27.2 Å². The smallest absolute Gasteiger partial charge is 0.449 e. The fourth-order valence-electron chi connectivity index (χ4n) is 3.88. The van der Waals surface area contributed by atoms with E-state index in [0.717, 1.165) is 28.0 Å². The number of benzene rings is 4. The molecule has 8 heteroatoms. The lowest BCUT2D eigenvalue weighted by Gasteiger charge is -2.14. The zero-order valence-corrected chi connectivity index (χ0v) is 19.7. The summed E-state index contributed by atoms with van der Waals surface area (Å²) in [5, 5.41) is 1.43. The van der Waals surface area contributed by atoms with Crippen LogP contribution in [0.25, 0.3) is 21.7 Å². The van der Waals surface area contributed by atoms with Gasteiger partial charge in [-0.3, -0.25) is 4.79 Å². The first-order chi connectivity index (χ1) is 17.6. The fraction of sp³-hybridized carbons (Fsp3) is 0.103. The molecule has 0 bridgehead atoms. The molecule has 0 N–H and O–H groups in total. The summed E-state index contributed by atoms with van der Waals surface area (Å²) < 4.78 is 57.6. The molecule has 37 heavy (non-hydrogen) atoms. The first-order valence-electron chi connectivity index (χ1n) is 11.2. The average Bonchev–Trinajstić information content (AvgIpc) is 2.86. The minimum Gasteiger partial charge on any atom is -0.449 e. The van der Waals surface area contributed by atoms with Crippen LogP contribution in [-0.4, -0.2) is 5.97 Å².